The number of nitrogens with one attached hydrogen (secondary N) is 1. The molecule has 0 radical (unpaired) electrons. The monoisotopic (exact) mass is 287 g/mol. The Hall–Kier alpha value is -2.56. The van der Waals surface area contributed by atoms with Gasteiger partial charge in [-0.2, -0.15) is 0 Å². The van der Waals surface area contributed by atoms with Gasteiger partial charge in [-0.25, -0.2) is 9.59 Å². The molecule has 0 saturated carbocycles. The second kappa shape index (κ2) is 7.28. The van der Waals surface area contributed by atoms with Gasteiger partial charge in [-0.3, -0.25) is 5.32 Å². The Balaban J connectivity index is 1.90. The first kappa shape index (κ1) is 14.8. The summed E-state index contributed by atoms with van der Waals surface area (Å²) < 4.78 is 10.0. The van der Waals surface area contributed by atoms with E-state index in [0.29, 0.717) is 23.6 Å². The van der Waals surface area contributed by atoms with Crippen molar-refractivity contribution in [3.05, 3.63) is 53.8 Å². The molecule has 1 aliphatic rings. The van der Waals surface area contributed by atoms with Crippen LogP contribution in [0.15, 0.2) is 48.3 Å². The molecule has 21 heavy (non-hydrogen) atoms. The quantitative estimate of drug-likeness (QED) is 0.858. The third-order valence-electron chi connectivity index (χ3n) is 2.81. The number of esters is 1. The van der Waals surface area contributed by atoms with Crippen LogP contribution >= 0.6 is 0 Å². The van der Waals surface area contributed by atoms with Crippen molar-refractivity contribution in [3.63, 3.8) is 0 Å². The molecule has 1 aromatic rings. The van der Waals surface area contributed by atoms with Gasteiger partial charge in [0.05, 0.1) is 12.2 Å². The molecule has 1 aromatic carbocycles. The Kier molecular flexibility index (Phi) is 5.15. The second-order valence-corrected chi connectivity index (χ2v) is 4.40. The number of carbonyl (C=O) groups is 2. The number of allylic oxidation sites excluding steroid dienone is 3. The van der Waals surface area contributed by atoms with Gasteiger partial charge in [0.25, 0.3) is 0 Å². The average Bonchev–Trinajstić information content (AvgIpc) is 2.49. The SMILES string of the molecule is CCOC(=O)c1ccc(NC(=O)OC2=CCCC=C2)cc1. The van der Waals surface area contributed by atoms with Crippen molar-refractivity contribution in [2.24, 2.45) is 0 Å². The lowest BCUT2D eigenvalue weighted by molar-refractivity contribution is 0.0526. The summed E-state index contributed by atoms with van der Waals surface area (Å²) in [7, 11) is 0. The number of hydrogen-bond donors (Lipinski definition) is 1. The molecule has 0 spiro atoms. The molecule has 0 saturated heterocycles. The van der Waals surface area contributed by atoms with Crippen LogP contribution in [0.5, 0.6) is 0 Å². The summed E-state index contributed by atoms with van der Waals surface area (Å²) in [6.45, 7) is 2.08. The van der Waals surface area contributed by atoms with E-state index >= 15 is 0 Å². The van der Waals surface area contributed by atoms with Gasteiger partial charge >= 0.3 is 12.1 Å². The van der Waals surface area contributed by atoms with E-state index in [-0.39, 0.29) is 5.97 Å². The highest BCUT2D eigenvalue weighted by Crippen LogP contribution is 2.14. The van der Waals surface area contributed by atoms with Crippen LogP contribution in [0, 0.1) is 0 Å². The van der Waals surface area contributed by atoms with Crippen LogP contribution in [0.3, 0.4) is 0 Å². The zero-order valence-electron chi connectivity index (χ0n) is 11.8. The van der Waals surface area contributed by atoms with E-state index in [0.717, 1.165) is 12.8 Å². The molecule has 110 valence electrons. The summed E-state index contributed by atoms with van der Waals surface area (Å²) in [6, 6.07) is 6.43. The normalized spacial score (nSPS) is 13.3. The van der Waals surface area contributed by atoms with Gasteiger partial charge < -0.3 is 9.47 Å². The van der Waals surface area contributed by atoms with Gasteiger partial charge in [-0.05, 0) is 56.2 Å². The predicted octanol–water partition coefficient (Wildman–Crippen LogP) is 3.65. The standard InChI is InChI=1S/C16H17NO4/c1-2-20-15(18)12-8-10-13(11-9-12)17-16(19)21-14-6-4-3-5-7-14/h4,6-11H,2-3,5H2,1H3,(H,17,19). The van der Waals surface area contributed by atoms with Crippen LogP contribution in [0.2, 0.25) is 0 Å². The Bertz CT molecular complexity index is 572. The first-order chi connectivity index (χ1) is 10.2. The third-order valence-corrected chi connectivity index (χ3v) is 2.81. The lowest BCUT2D eigenvalue weighted by Gasteiger charge is -2.09. The molecule has 0 atom stereocenters. The minimum atomic E-state index is -0.559. The van der Waals surface area contributed by atoms with Crippen molar-refractivity contribution in [2.45, 2.75) is 19.8 Å². The molecule has 0 aliphatic heterocycles. The van der Waals surface area contributed by atoms with E-state index in [4.69, 9.17) is 9.47 Å². The Morgan fingerprint density at radius 3 is 2.57 bits per heavy atom. The minimum Gasteiger partial charge on any atom is -0.462 e. The zero-order valence-corrected chi connectivity index (χ0v) is 11.8. The maximum atomic E-state index is 11.7. The third kappa shape index (κ3) is 4.49. The summed E-state index contributed by atoms with van der Waals surface area (Å²) >= 11 is 0. The fourth-order valence-corrected chi connectivity index (χ4v) is 1.82. The highest BCUT2D eigenvalue weighted by Gasteiger charge is 2.09. The van der Waals surface area contributed by atoms with Crippen molar-refractivity contribution in [2.75, 3.05) is 11.9 Å². The number of rotatable bonds is 4. The van der Waals surface area contributed by atoms with E-state index in [1.54, 1.807) is 37.3 Å². The van der Waals surface area contributed by atoms with Crippen LogP contribution in [0.1, 0.15) is 30.1 Å². The van der Waals surface area contributed by atoms with E-state index in [9.17, 15) is 9.59 Å². The Labute approximate surface area is 123 Å². The Morgan fingerprint density at radius 2 is 1.95 bits per heavy atom. The summed E-state index contributed by atoms with van der Waals surface area (Å²) in [5.74, 6) is 0.158. The molecular weight excluding hydrogens is 270 g/mol. The fraction of sp³-hybridized carbons (Fsp3) is 0.250. The molecule has 2 rings (SSSR count). The van der Waals surface area contributed by atoms with E-state index in [2.05, 4.69) is 5.32 Å². The smallest absolute Gasteiger partial charge is 0.417 e. The molecule has 1 amide bonds. The number of ether oxygens (including phenoxy) is 2. The van der Waals surface area contributed by atoms with Crippen LogP contribution < -0.4 is 5.32 Å². The van der Waals surface area contributed by atoms with Crippen LogP contribution in [-0.2, 0) is 9.47 Å². The van der Waals surface area contributed by atoms with Crippen molar-refractivity contribution in [1.29, 1.82) is 0 Å². The number of amides is 1. The van der Waals surface area contributed by atoms with Gasteiger partial charge in [-0.15, -0.1) is 0 Å². The van der Waals surface area contributed by atoms with E-state index in [1.807, 2.05) is 12.2 Å². The van der Waals surface area contributed by atoms with Gasteiger partial charge in [0.2, 0.25) is 0 Å². The molecule has 0 aromatic heterocycles. The Morgan fingerprint density at radius 1 is 1.19 bits per heavy atom. The zero-order chi connectivity index (χ0) is 15.1. The number of hydrogen-bond acceptors (Lipinski definition) is 4. The maximum Gasteiger partial charge on any atom is 0.417 e. The fourth-order valence-electron chi connectivity index (χ4n) is 1.82. The molecule has 5 heteroatoms. The largest absolute Gasteiger partial charge is 0.462 e. The molecule has 1 aliphatic carbocycles. The summed E-state index contributed by atoms with van der Waals surface area (Å²) in [6.07, 6.45) is 6.86. The van der Waals surface area contributed by atoms with Gasteiger partial charge in [0.1, 0.15) is 5.76 Å². The van der Waals surface area contributed by atoms with Crippen LogP contribution in [0.4, 0.5) is 10.5 Å². The average molecular weight is 287 g/mol. The number of benzene rings is 1. The van der Waals surface area contributed by atoms with Crippen molar-refractivity contribution >= 4 is 17.7 Å². The highest BCUT2D eigenvalue weighted by molar-refractivity contribution is 5.91. The molecule has 0 heterocycles. The molecule has 1 N–H and O–H groups in total. The first-order valence-electron chi connectivity index (χ1n) is 6.81. The van der Waals surface area contributed by atoms with Crippen molar-refractivity contribution in [1.82, 2.24) is 0 Å². The molecule has 0 unspecified atom stereocenters. The van der Waals surface area contributed by atoms with Gasteiger partial charge in [0.15, 0.2) is 0 Å². The van der Waals surface area contributed by atoms with Crippen molar-refractivity contribution in [3.8, 4) is 0 Å². The topological polar surface area (TPSA) is 64.6 Å². The lowest BCUT2D eigenvalue weighted by Crippen LogP contribution is -2.13. The molecular formula is C16H17NO4. The van der Waals surface area contributed by atoms with Crippen molar-refractivity contribution < 1.29 is 19.1 Å². The minimum absolute atomic E-state index is 0.327. The number of anilines is 1. The highest BCUT2D eigenvalue weighted by atomic mass is 16.6. The van der Waals surface area contributed by atoms with Gasteiger partial charge in [0, 0.05) is 5.69 Å². The van der Waals surface area contributed by atoms with Gasteiger partial charge in [-0.1, -0.05) is 6.08 Å². The lowest BCUT2D eigenvalue weighted by atomic mass is 10.2. The summed E-state index contributed by atoms with van der Waals surface area (Å²) in [5, 5.41) is 2.60. The van der Waals surface area contributed by atoms with Crippen LogP contribution in [0.25, 0.3) is 0 Å². The molecule has 5 nitrogen and oxygen atoms in total. The number of carbonyl (C=O) groups excluding carboxylic acids is 2. The maximum absolute atomic E-state index is 11.7. The second-order valence-electron chi connectivity index (χ2n) is 4.40. The summed E-state index contributed by atoms with van der Waals surface area (Å²) in [4.78, 5) is 23.2. The van der Waals surface area contributed by atoms with Crippen LogP contribution in [-0.4, -0.2) is 18.7 Å². The van der Waals surface area contributed by atoms with E-state index < -0.39 is 6.09 Å². The molecule has 0 fully saturated rings. The summed E-state index contributed by atoms with van der Waals surface area (Å²) in [5.41, 5.74) is 0.988. The van der Waals surface area contributed by atoms with E-state index in [1.165, 1.54) is 0 Å². The predicted molar refractivity (Wildman–Crippen MR) is 79.0 cm³/mol. The first-order valence-corrected chi connectivity index (χ1v) is 6.81. The molecule has 0 bridgehead atoms.